The first-order chi connectivity index (χ1) is 12.8. The number of thiocarbonyl (C=S) groups is 1. The van der Waals surface area contributed by atoms with Crippen LogP contribution >= 0.6 is 23.8 Å². The van der Waals surface area contributed by atoms with Gasteiger partial charge in [0.2, 0.25) is 0 Å². The Kier molecular flexibility index (Phi) is 6.91. The maximum absolute atomic E-state index is 11.9. The number of rotatable bonds is 5. The average Bonchev–Trinajstić information content (AvgIpc) is 2.62. The van der Waals surface area contributed by atoms with Crippen LogP contribution in [0.1, 0.15) is 11.1 Å². The van der Waals surface area contributed by atoms with E-state index in [1.807, 2.05) is 32.0 Å². The Balaban J connectivity index is 1.85. The number of anilines is 1. The largest absolute Gasteiger partial charge is 0.483 e. The van der Waals surface area contributed by atoms with Crippen LogP contribution in [0.2, 0.25) is 5.02 Å². The fourth-order valence-electron chi connectivity index (χ4n) is 2.04. The van der Waals surface area contributed by atoms with Crippen molar-refractivity contribution in [3.63, 3.8) is 0 Å². The summed E-state index contributed by atoms with van der Waals surface area (Å²) in [5, 5.41) is 13.8. The van der Waals surface area contributed by atoms with Gasteiger partial charge < -0.3 is 10.1 Å². The van der Waals surface area contributed by atoms with E-state index < -0.39 is 10.8 Å². The molecule has 2 rings (SSSR count). The van der Waals surface area contributed by atoms with Crippen LogP contribution in [0.4, 0.5) is 11.4 Å². The molecule has 0 saturated carbocycles. The van der Waals surface area contributed by atoms with E-state index in [0.29, 0.717) is 5.75 Å². The number of carbonyl (C=O) groups excluding carboxylic acids is 1. The van der Waals surface area contributed by atoms with E-state index in [4.69, 9.17) is 28.6 Å². The van der Waals surface area contributed by atoms with Gasteiger partial charge in [0.1, 0.15) is 5.75 Å². The lowest BCUT2D eigenvalue weighted by molar-refractivity contribution is -0.384. The van der Waals surface area contributed by atoms with Gasteiger partial charge in [-0.2, -0.15) is 0 Å². The number of nitrogens with one attached hydrogen (secondary N) is 3. The van der Waals surface area contributed by atoms with Crippen molar-refractivity contribution >= 4 is 46.2 Å². The third-order valence-electron chi connectivity index (χ3n) is 3.43. The number of nitro benzene ring substituents is 1. The molecule has 0 saturated heterocycles. The summed E-state index contributed by atoms with van der Waals surface area (Å²) in [6.45, 7) is 3.60. The van der Waals surface area contributed by atoms with Gasteiger partial charge in [-0.25, -0.2) is 0 Å². The fourth-order valence-corrected chi connectivity index (χ4v) is 2.37. The number of halogens is 1. The summed E-state index contributed by atoms with van der Waals surface area (Å²) in [6.07, 6.45) is 0. The molecule has 142 valence electrons. The minimum Gasteiger partial charge on any atom is -0.483 e. The van der Waals surface area contributed by atoms with Crippen LogP contribution in [0, 0.1) is 24.0 Å². The summed E-state index contributed by atoms with van der Waals surface area (Å²) < 4.78 is 5.48. The Morgan fingerprint density at radius 3 is 2.67 bits per heavy atom. The number of benzene rings is 2. The maximum Gasteiger partial charge on any atom is 0.276 e. The number of aryl methyl sites for hydroxylation is 2. The van der Waals surface area contributed by atoms with E-state index in [9.17, 15) is 14.9 Å². The molecular weight excluding hydrogens is 392 g/mol. The molecule has 0 aliphatic carbocycles. The molecule has 0 unspecified atom stereocenters. The van der Waals surface area contributed by atoms with Gasteiger partial charge in [-0.3, -0.25) is 25.8 Å². The van der Waals surface area contributed by atoms with E-state index in [1.54, 1.807) is 0 Å². The number of nitro groups is 1. The van der Waals surface area contributed by atoms with Crippen molar-refractivity contribution in [1.82, 2.24) is 10.9 Å². The van der Waals surface area contributed by atoms with Crippen LogP contribution in [0.3, 0.4) is 0 Å². The highest BCUT2D eigenvalue weighted by molar-refractivity contribution is 7.80. The van der Waals surface area contributed by atoms with Gasteiger partial charge in [-0.15, -0.1) is 0 Å². The second kappa shape index (κ2) is 9.15. The fraction of sp³-hybridized carbons (Fsp3) is 0.176. The summed E-state index contributed by atoms with van der Waals surface area (Å²) in [7, 11) is 0. The summed E-state index contributed by atoms with van der Waals surface area (Å²) >= 11 is 11.0. The summed E-state index contributed by atoms with van der Waals surface area (Å²) in [6, 6.07) is 9.58. The minimum atomic E-state index is -0.551. The predicted molar refractivity (Wildman–Crippen MR) is 107 cm³/mol. The summed E-state index contributed by atoms with van der Waals surface area (Å²) in [4.78, 5) is 22.1. The van der Waals surface area contributed by atoms with Gasteiger partial charge in [-0.1, -0.05) is 23.7 Å². The highest BCUT2D eigenvalue weighted by Gasteiger charge is 2.11. The van der Waals surface area contributed by atoms with E-state index >= 15 is 0 Å². The molecule has 0 fully saturated rings. The molecule has 0 atom stereocenters. The average molecular weight is 409 g/mol. The Labute approximate surface area is 166 Å². The zero-order valence-electron chi connectivity index (χ0n) is 14.5. The van der Waals surface area contributed by atoms with Crippen molar-refractivity contribution in [2.75, 3.05) is 11.9 Å². The molecule has 0 radical (unpaired) electrons. The number of nitrogens with zero attached hydrogens (tertiary/aromatic N) is 1. The normalized spacial score (nSPS) is 10.0. The SMILES string of the molecule is Cc1ccc(C)c(OCC(=O)NNC(=S)Nc2cc([N+](=O)[O-])ccc2Cl)c1. The zero-order valence-corrected chi connectivity index (χ0v) is 16.1. The Morgan fingerprint density at radius 2 is 1.96 bits per heavy atom. The molecular formula is C17H17ClN4O4S. The monoisotopic (exact) mass is 408 g/mol. The van der Waals surface area contributed by atoms with Crippen LogP contribution < -0.4 is 20.9 Å². The standard InChI is InChI=1S/C17H17ClN4O4S/c1-10-3-4-11(2)15(7-10)26-9-16(23)20-21-17(27)19-14-8-12(22(24)25)5-6-13(14)18/h3-8H,9H2,1-2H3,(H,20,23)(H2,19,21,27). The van der Waals surface area contributed by atoms with Crippen LogP contribution in [0.15, 0.2) is 36.4 Å². The minimum absolute atomic E-state index is 0.0116. The molecule has 1 amide bonds. The molecule has 0 aliphatic heterocycles. The smallest absolute Gasteiger partial charge is 0.276 e. The number of hydrazine groups is 1. The topological polar surface area (TPSA) is 106 Å². The molecule has 3 N–H and O–H groups in total. The Bertz CT molecular complexity index is 891. The van der Waals surface area contributed by atoms with Crippen molar-refractivity contribution in [3.8, 4) is 5.75 Å². The number of non-ortho nitro benzene ring substituents is 1. The summed E-state index contributed by atoms with van der Waals surface area (Å²) in [5.74, 6) is 0.166. The molecule has 8 nitrogen and oxygen atoms in total. The molecule has 0 spiro atoms. The summed E-state index contributed by atoms with van der Waals surface area (Å²) in [5.41, 5.74) is 6.88. The third kappa shape index (κ3) is 6.08. The first-order valence-electron chi connectivity index (χ1n) is 7.76. The van der Waals surface area contributed by atoms with Crippen LogP contribution in [-0.2, 0) is 4.79 Å². The molecule has 0 aliphatic rings. The predicted octanol–water partition coefficient (Wildman–Crippen LogP) is 3.26. The molecule has 27 heavy (non-hydrogen) atoms. The van der Waals surface area contributed by atoms with Gasteiger partial charge in [0.15, 0.2) is 11.7 Å². The lowest BCUT2D eigenvalue weighted by atomic mass is 10.1. The van der Waals surface area contributed by atoms with Gasteiger partial charge in [0.05, 0.1) is 15.6 Å². The number of ether oxygens (including phenoxy) is 1. The third-order valence-corrected chi connectivity index (χ3v) is 3.96. The molecule has 0 heterocycles. The highest BCUT2D eigenvalue weighted by atomic mass is 35.5. The maximum atomic E-state index is 11.9. The van der Waals surface area contributed by atoms with Crippen molar-refractivity contribution in [1.29, 1.82) is 0 Å². The zero-order chi connectivity index (χ0) is 20.0. The first kappa shape index (κ1) is 20.4. The van der Waals surface area contributed by atoms with Crippen molar-refractivity contribution < 1.29 is 14.5 Å². The second-order valence-corrected chi connectivity index (χ2v) is 6.42. The van der Waals surface area contributed by atoms with Crippen molar-refractivity contribution in [3.05, 3.63) is 62.7 Å². The van der Waals surface area contributed by atoms with Gasteiger partial charge in [0, 0.05) is 12.1 Å². The quantitative estimate of drug-likeness (QED) is 0.396. The first-order valence-corrected chi connectivity index (χ1v) is 8.54. The second-order valence-electron chi connectivity index (χ2n) is 5.61. The van der Waals surface area contributed by atoms with Gasteiger partial charge in [-0.05, 0) is 49.3 Å². The van der Waals surface area contributed by atoms with E-state index in [-0.39, 0.29) is 28.1 Å². The lowest BCUT2D eigenvalue weighted by Crippen LogP contribution is -2.45. The Hall–Kier alpha value is -2.91. The van der Waals surface area contributed by atoms with Crippen LogP contribution in [0.25, 0.3) is 0 Å². The molecule has 10 heteroatoms. The van der Waals surface area contributed by atoms with Crippen LogP contribution in [-0.4, -0.2) is 22.5 Å². The molecule has 2 aromatic carbocycles. The van der Waals surface area contributed by atoms with E-state index in [1.165, 1.54) is 18.2 Å². The lowest BCUT2D eigenvalue weighted by Gasteiger charge is -2.13. The Morgan fingerprint density at radius 1 is 1.22 bits per heavy atom. The van der Waals surface area contributed by atoms with Crippen molar-refractivity contribution in [2.45, 2.75) is 13.8 Å². The number of hydrogen-bond acceptors (Lipinski definition) is 5. The van der Waals surface area contributed by atoms with E-state index in [0.717, 1.165) is 11.1 Å². The highest BCUT2D eigenvalue weighted by Crippen LogP contribution is 2.26. The molecule has 0 aromatic heterocycles. The number of carbonyl (C=O) groups is 1. The van der Waals surface area contributed by atoms with Crippen LogP contribution in [0.5, 0.6) is 5.75 Å². The number of hydrogen-bond donors (Lipinski definition) is 3. The molecule has 0 bridgehead atoms. The number of amides is 1. The van der Waals surface area contributed by atoms with Crippen molar-refractivity contribution in [2.24, 2.45) is 0 Å². The van der Waals surface area contributed by atoms with E-state index in [2.05, 4.69) is 16.2 Å². The van der Waals surface area contributed by atoms with Gasteiger partial charge in [0.25, 0.3) is 11.6 Å². The van der Waals surface area contributed by atoms with Gasteiger partial charge >= 0.3 is 0 Å². The molecule has 2 aromatic rings.